The van der Waals surface area contributed by atoms with Crippen molar-refractivity contribution in [2.45, 2.75) is 13.1 Å². The summed E-state index contributed by atoms with van der Waals surface area (Å²) in [5, 5.41) is 8.49. The van der Waals surface area contributed by atoms with Gasteiger partial charge in [0.15, 0.2) is 10.7 Å². The second kappa shape index (κ2) is 8.51. The number of aryl methyl sites for hydroxylation is 1. The van der Waals surface area contributed by atoms with E-state index in [4.69, 9.17) is 0 Å². The van der Waals surface area contributed by atoms with Gasteiger partial charge in [0.2, 0.25) is 5.43 Å². The molecule has 0 bridgehead atoms. The molecule has 176 valence electrons. The molecule has 0 atom stereocenters. The van der Waals surface area contributed by atoms with Gasteiger partial charge in [-0.05, 0) is 31.2 Å². The van der Waals surface area contributed by atoms with Crippen molar-refractivity contribution in [3.8, 4) is 16.9 Å². The Labute approximate surface area is 200 Å². The maximum absolute atomic E-state index is 13.5. The van der Waals surface area contributed by atoms with Crippen LogP contribution in [0.5, 0.6) is 0 Å². The highest BCUT2D eigenvalue weighted by Gasteiger charge is 2.34. The number of nitrogens with one attached hydrogen (secondary N) is 1. The van der Waals surface area contributed by atoms with Gasteiger partial charge in [0.05, 0.1) is 16.9 Å². The number of rotatable bonds is 4. The first-order valence-electron chi connectivity index (χ1n) is 10.3. The summed E-state index contributed by atoms with van der Waals surface area (Å²) in [5.41, 5.74) is -0.284. The van der Waals surface area contributed by atoms with Gasteiger partial charge in [-0.3, -0.25) is 14.0 Å². The van der Waals surface area contributed by atoms with Crippen LogP contribution in [0.4, 0.5) is 18.9 Å². The Morgan fingerprint density at radius 2 is 1.83 bits per heavy atom. The van der Waals surface area contributed by atoms with E-state index in [2.05, 4.69) is 15.4 Å². The first-order chi connectivity index (χ1) is 16.7. The summed E-state index contributed by atoms with van der Waals surface area (Å²) < 4.78 is 43.4. The van der Waals surface area contributed by atoms with E-state index in [1.54, 1.807) is 24.3 Å². The number of carbonyl (C=O) groups excluding carboxylic acids is 1. The van der Waals surface area contributed by atoms with Crippen molar-refractivity contribution in [3.05, 3.63) is 99.5 Å². The predicted octanol–water partition coefficient (Wildman–Crippen LogP) is 5.19. The van der Waals surface area contributed by atoms with Crippen molar-refractivity contribution in [1.29, 1.82) is 0 Å². The number of anilines is 1. The van der Waals surface area contributed by atoms with Gasteiger partial charge >= 0.3 is 6.18 Å². The Morgan fingerprint density at radius 1 is 1.09 bits per heavy atom. The lowest BCUT2D eigenvalue weighted by molar-refractivity contribution is -0.137. The summed E-state index contributed by atoms with van der Waals surface area (Å²) in [7, 11) is 0. The standard InChI is InChI=1S/C24H16F3N5O2S/c1-14-12-20(33)21(30-32(14)19-5-3-2-4-17(19)24(25,26)27)22(34)28-16-8-6-15(7-9-16)18-13-31-10-11-35-23(31)29-18/h2-13H,1H3,(H,28,34). The average molecular weight is 495 g/mol. The van der Waals surface area contributed by atoms with Crippen molar-refractivity contribution in [1.82, 2.24) is 19.2 Å². The number of fused-ring (bicyclic) bond motifs is 1. The van der Waals surface area contributed by atoms with Gasteiger partial charge in [-0.15, -0.1) is 11.3 Å². The highest BCUT2D eigenvalue weighted by Crippen LogP contribution is 2.33. The Balaban J connectivity index is 1.43. The third-order valence-electron chi connectivity index (χ3n) is 5.29. The van der Waals surface area contributed by atoms with Gasteiger partial charge in [-0.25, -0.2) is 9.67 Å². The van der Waals surface area contributed by atoms with E-state index in [1.807, 2.05) is 22.2 Å². The van der Waals surface area contributed by atoms with Crippen LogP contribution in [0.15, 0.2) is 77.2 Å². The predicted molar refractivity (Wildman–Crippen MR) is 126 cm³/mol. The van der Waals surface area contributed by atoms with Gasteiger partial charge in [-0.1, -0.05) is 24.3 Å². The lowest BCUT2D eigenvalue weighted by atomic mass is 10.1. The largest absolute Gasteiger partial charge is 0.418 e. The zero-order valence-electron chi connectivity index (χ0n) is 18.1. The first-order valence-corrected chi connectivity index (χ1v) is 11.2. The van der Waals surface area contributed by atoms with Crippen LogP contribution in [-0.2, 0) is 6.18 Å². The Morgan fingerprint density at radius 3 is 2.54 bits per heavy atom. The average Bonchev–Trinajstić information content (AvgIpc) is 3.42. The lowest BCUT2D eigenvalue weighted by Gasteiger charge is -2.16. The molecule has 3 heterocycles. The Bertz CT molecular complexity index is 1590. The molecule has 0 aliphatic heterocycles. The molecule has 0 unspecified atom stereocenters. The summed E-state index contributed by atoms with van der Waals surface area (Å²) in [4.78, 5) is 30.7. The van der Waals surface area contributed by atoms with Crippen LogP contribution >= 0.6 is 11.3 Å². The topological polar surface area (TPSA) is 81.3 Å². The fraction of sp³-hybridized carbons (Fsp3) is 0.0833. The fourth-order valence-electron chi connectivity index (χ4n) is 3.63. The maximum Gasteiger partial charge on any atom is 0.418 e. The van der Waals surface area contributed by atoms with Gasteiger partial charge < -0.3 is 5.32 Å². The second-order valence-electron chi connectivity index (χ2n) is 7.68. The molecule has 0 fully saturated rings. The number of carbonyl (C=O) groups is 1. The van der Waals surface area contributed by atoms with Crippen molar-refractivity contribution < 1.29 is 18.0 Å². The molecule has 0 saturated heterocycles. The van der Waals surface area contributed by atoms with Gasteiger partial charge in [0.25, 0.3) is 5.91 Å². The third kappa shape index (κ3) is 4.33. The van der Waals surface area contributed by atoms with Crippen LogP contribution in [0, 0.1) is 6.92 Å². The summed E-state index contributed by atoms with van der Waals surface area (Å²) in [6.45, 7) is 1.45. The Kier molecular flexibility index (Phi) is 5.48. The molecule has 11 heteroatoms. The minimum atomic E-state index is -4.64. The van der Waals surface area contributed by atoms with E-state index in [-0.39, 0.29) is 11.4 Å². The fourth-order valence-corrected chi connectivity index (χ4v) is 4.33. The number of alkyl halides is 3. The molecule has 35 heavy (non-hydrogen) atoms. The Hall–Kier alpha value is -4.25. The van der Waals surface area contributed by atoms with E-state index in [1.165, 1.54) is 36.5 Å². The minimum absolute atomic E-state index is 0.160. The van der Waals surface area contributed by atoms with Crippen LogP contribution < -0.4 is 10.7 Å². The zero-order valence-corrected chi connectivity index (χ0v) is 18.9. The molecule has 0 saturated carbocycles. The van der Waals surface area contributed by atoms with Crippen LogP contribution in [0.25, 0.3) is 21.9 Å². The minimum Gasteiger partial charge on any atom is -0.320 e. The van der Waals surface area contributed by atoms with Gasteiger partial charge in [-0.2, -0.15) is 18.3 Å². The van der Waals surface area contributed by atoms with Crippen LogP contribution in [0.1, 0.15) is 21.7 Å². The first kappa shape index (κ1) is 22.5. The number of nitrogens with zero attached hydrogens (tertiary/aromatic N) is 4. The van der Waals surface area contributed by atoms with Crippen LogP contribution in [-0.4, -0.2) is 25.1 Å². The molecular formula is C24H16F3N5O2S. The molecule has 0 spiro atoms. The van der Waals surface area contributed by atoms with E-state index < -0.39 is 28.8 Å². The van der Waals surface area contributed by atoms with Crippen LogP contribution in [0.2, 0.25) is 0 Å². The molecule has 5 aromatic rings. The number of hydrogen-bond donors (Lipinski definition) is 1. The molecule has 3 aromatic heterocycles. The molecule has 1 N–H and O–H groups in total. The highest BCUT2D eigenvalue weighted by atomic mass is 32.1. The maximum atomic E-state index is 13.5. The molecule has 0 radical (unpaired) electrons. The third-order valence-corrected chi connectivity index (χ3v) is 6.06. The number of thiazole rings is 1. The van der Waals surface area contributed by atoms with Gasteiger partial charge in [0.1, 0.15) is 0 Å². The summed E-state index contributed by atoms with van der Waals surface area (Å²) >= 11 is 1.51. The zero-order chi connectivity index (χ0) is 24.7. The smallest absolute Gasteiger partial charge is 0.320 e. The number of amides is 1. The molecule has 2 aromatic carbocycles. The molecular weight excluding hydrogens is 479 g/mol. The van der Waals surface area contributed by atoms with E-state index in [0.29, 0.717) is 5.69 Å². The number of hydrogen-bond acceptors (Lipinski definition) is 5. The molecule has 7 nitrogen and oxygen atoms in total. The summed E-state index contributed by atoms with van der Waals surface area (Å²) in [6.07, 6.45) is -0.849. The summed E-state index contributed by atoms with van der Waals surface area (Å²) in [6, 6.07) is 12.7. The van der Waals surface area contributed by atoms with Crippen molar-refractivity contribution in [2.24, 2.45) is 0 Å². The van der Waals surface area contributed by atoms with Crippen molar-refractivity contribution in [3.63, 3.8) is 0 Å². The van der Waals surface area contributed by atoms with Gasteiger partial charge in [0, 0.05) is 40.8 Å². The SMILES string of the molecule is Cc1cc(=O)c(C(=O)Nc2ccc(-c3cn4ccsc4n3)cc2)nn1-c1ccccc1C(F)(F)F. The second-order valence-corrected chi connectivity index (χ2v) is 8.55. The van der Waals surface area contributed by atoms with Crippen molar-refractivity contribution >= 4 is 27.9 Å². The highest BCUT2D eigenvalue weighted by molar-refractivity contribution is 7.15. The van der Waals surface area contributed by atoms with Crippen LogP contribution in [0.3, 0.4) is 0 Å². The quantitative estimate of drug-likeness (QED) is 0.372. The molecule has 0 aliphatic carbocycles. The number of halogens is 3. The number of benzene rings is 2. The van der Waals surface area contributed by atoms with E-state index >= 15 is 0 Å². The number of para-hydroxylation sites is 1. The molecule has 0 aliphatic rings. The van der Waals surface area contributed by atoms with E-state index in [0.717, 1.165) is 33.0 Å². The summed E-state index contributed by atoms with van der Waals surface area (Å²) in [5.74, 6) is -0.830. The lowest BCUT2D eigenvalue weighted by Crippen LogP contribution is -2.27. The number of imidazole rings is 1. The monoisotopic (exact) mass is 495 g/mol. The number of aromatic nitrogens is 4. The van der Waals surface area contributed by atoms with E-state index in [9.17, 15) is 22.8 Å². The molecule has 1 amide bonds. The normalized spacial score (nSPS) is 11.7. The molecule has 5 rings (SSSR count). The van der Waals surface area contributed by atoms with Crippen molar-refractivity contribution in [2.75, 3.05) is 5.32 Å².